The largest absolute Gasteiger partial charge is 0.265 e. The summed E-state index contributed by atoms with van der Waals surface area (Å²) >= 11 is 0. The van der Waals surface area contributed by atoms with Gasteiger partial charge in [0.1, 0.15) is 0 Å². The molecule has 0 fully saturated rings. The standard InChI is InChI=1S/C24H16N2/c1-2-7-19(8-3-1)23-16-21(18-12-14-25-15-13-18)24-20-9-5-4-6-17(20)10-11-22(24)26-23/h1-16H. The van der Waals surface area contributed by atoms with Gasteiger partial charge >= 0.3 is 0 Å². The highest BCUT2D eigenvalue weighted by Crippen LogP contribution is 2.36. The third-order valence-corrected chi connectivity index (χ3v) is 4.76. The lowest BCUT2D eigenvalue weighted by Crippen LogP contribution is -1.91. The Labute approximate surface area is 151 Å². The monoisotopic (exact) mass is 332 g/mol. The minimum atomic E-state index is 0.986. The van der Waals surface area contributed by atoms with E-state index in [1.165, 1.54) is 21.7 Å². The molecule has 26 heavy (non-hydrogen) atoms. The van der Waals surface area contributed by atoms with Crippen LogP contribution in [-0.2, 0) is 0 Å². The van der Waals surface area contributed by atoms with Crippen molar-refractivity contribution >= 4 is 21.7 Å². The van der Waals surface area contributed by atoms with Gasteiger partial charge in [-0.3, -0.25) is 4.98 Å². The van der Waals surface area contributed by atoms with Crippen LogP contribution in [0.2, 0.25) is 0 Å². The molecule has 2 nitrogen and oxygen atoms in total. The molecule has 0 spiro atoms. The molecule has 5 aromatic rings. The average Bonchev–Trinajstić information content (AvgIpc) is 2.74. The molecule has 0 atom stereocenters. The second-order valence-corrected chi connectivity index (χ2v) is 6.34. The minimum absolute atomic E-state index is 0.986. The van der Waals surface area contributed by atoms with E-state index in [0.29, 0.717) is 0 Å². The van der Waals surface area contributed by atoms with E-state index in [1.54, 1.807) is 0 Å². The first-order chi connectivity index (χ1) is 12.9. The van der Waals surface area contributed by atoms with E-state index in [0.717, 1.165) is 22.3 Å². The highest BCUT2D eigenvalue weighted by atomic mass is 14.7. The van der Waals surface area contributed by atoms with Crippen LogP contribution >= 0.6 is 0 Å². The quantitative estimate of drug-likeness (QED) is 0.364. The first kappa shape index (κ1) is 14.8. The van der Waals surface area contributed by atoms with Crippen molar-refractivity contribution in [1.82, 2.24) is 9.97 Å². The fourth-order valence-corrected chi connectivity index (χ4v) is 3.52. The first-order valence-electron chi connectivity index (χ1n) is 8.68. The first-order valence-corrected chi connectivity index (χ1v) is 8.68. The molecule has 0 saturated heterocycles. The molecular weight excluding hydrogens is 316 g/mol. The van der Waals surface area contributed by atoms with Crippen LogP contribution in [0.3, 0.4) is 0 Å². The molecule has 0 radical (unpaired) electrons. The van der Waals surface area contributed by atoms with Gasteiger partial charge in [0.15, 0.2) is 0 Å². The average molecular weight is 332 g/mol. The van der Waals surface area contributed by atoms with Crippen LogP contribution in [0, 0.1) is 0 Å². The zero-order chi connectivity index (χ0) is 17.3. The Balaban J connectivity index is 1.92. The Morgan fingerprint density at radius 2 is 1.38 bits per heavy atom. The van der Waals surface area contributed by atoms with Crippen molar-refractivity contribution in [2.24, 2.45) is 0 Å². The summed E-state index contributed by atoms with van der Waals surface area (Å²) in [4.78, 5) is 9.14. The van der Waals surface area contributed by atoms with E-state index in [9.17, 15) is 0 Å². The summed E-state index contributed by atoms with van der Waals surface area (Å²) in [6.45, 7) is 0. The molecule has 0 aliphatic carbocycles. The fraction of sp³-hybridized carbons (Fsp3) is 0. The molecule has 0 unspecified atom stereocenters. The van der Waals surface area contributed by atoms with Crippen LogP contribution in [0.4, 0.5) is 0 Å². The third kappa shape index (κ3) is 2.44. The van der Waals surface area contributed by atoms with Gasteiger partial charge in [-0.05, 0) is 46.2 Å². The summed E-state index contributed by atoms with van der Waals surface area (Å²) in [5, 5.41) is 3.64. The molecule has 122 valence electrons. The predicted octanol–water partition coefficient (Wildman–Crippen LogP) is 6.12. The van der Waals surface area contributed by atoms with Crippen LogP contribution in [0.15, 0.2) is 97.3 Å². The maximum atomic E-state index is 4.97. The molecule has 2 heterocycles. The minimum Gasteiger partial charge on any atom is -0.265 e. The lowest BCUT2D eigenvalue weighted by Gasteiger charge is -2.12. The van der Waals surface area contributed by atoms with Crippen molar-refractivity contribution in [2.75, 3.05) is 0 Å². The molecule has 0 aliphatic rings. The summed E-state index contributed by atoms with van der Waals surface area (Å²) in [5.41, 5.74) is 5.46. The van der Waals surface area contributed by atoms with Crippen LogP contribution in [0.25, 0.3) is 44.1 Å². The van der Waals surface area contributed by atoms with E-state index in [2.05, 4.69) is 71.7 Å². The molecule has 0 amide bonds. The lowest BCUT2D eigenvalue weighted by molar-refractivity contribution is 1.33. The fourth-order valence-electron chi connectivity index (χ4n) is 3.52. The maximum Gasteiger partial charge on any atom is 0.0722 e. The van der Waals surface area contributed by atoms with Gasteiger partial charge in [-0.1, -0.05) is 60.7 Å². The van der Waals surface area contributed by atoms with Gasteiger partial charge in [0.25, 0.3) is 0 Å². The second-order valence-electron chi connectivity index (χ2n) is 6.34. The Morgan fingerprint density at radius 1 is 0.615 bits per heavy atom. The van der Waals surface area contributed by atoms with Crippen LogP contribution in [-0.4, -0.2) is 9.97 Å². The van der Waals surface area contributed by atoms with E-state index in [4.69, 9.17) is 4.98 Å². The highest BCUT2D eigenvalue weighted by Gasteiger charge is 2.12. The number of rotatable bonds is 2. The molecule has 3 aromatic carbocycles. The van der Waals surface area contributed by atoms with Crippen molar-refractivity contribution in [1.29, 1.82) is 0 Å². The summed E-state index contributed by atoms with van der Waals surface area (Å²) in [6.07, 6.45) is 3.68. The predicted molar refractivity (Wildman–Crippen MR) is 108 cm³/mol. The Kier molecular flexibility index (Phi) is 3.46. The maximum absolute atomic E-state index is 4.97. The lowest BCUT2D eigenvalue weighted by atomic mass is 9.95. The number of hydrogen-bond acceptors (Lipinski definition) is 2. The van der Waals surface area contributed by atoms with Gasteiger partial charge in [-0.15, -0.1) is 0 Å². The van der Waals surface area contributed by atoms with E-state index in [-0.39, 0.29) is 0 Å². The number of pyridine rings is 2. The van der Waals surface area contributed by atoms with Crippen molar-refractivity contribution in [3.63, 3.8) is 0 Å². The van der Waals surface area contributed by atoms with Gasteiger partial charge in [0.05, 0.1) is 11.2 Å². The SMILES string of the molecule is c1ccc(-c2cc(-c3ccncc3)c3c(ccc4ccccc43)n2)cc1. The van der Waals surface area contributed by atoms with Gasteiger partial charge in [-0.2, -0.15) is 0 Å². The molecule has 5 rings (SSSR count). The van der Waals surface area contributed by atoms with E-state index in [1.807, 2.05) is 30.6 Å². The molecule has 2 heteroatoms. The highest BCUT2D eigenvalue weighted by molar-refractivity contribution is 6.13. The molecule has 0 saturated carbocycles. The molecular formula is C24H16N2. The zero-order valence-electron chi connectivity index (χ0n) is 14.1. The number of aromatic nitrogens is 2. The van der Waals surface area contributed by atoms with Gasteiger partial charge in [-0.25, -0.2) is 4.98 Å². The summed E-state index contributed by atoms with van der Waals surface area (Å²) in [7, 11) is 0. The number of benzene rings is 3. The molecule has 2 aromatic heterocycles. The van der Waals surface area contributed by atoms with Crippen LogP contribution in [0.1, 0.15) is 0 Å². The van der Waals surface area contributed by atoms with E-state index < -0.39 is 0 Å². The van der Waals surface area contributed by atoms with Gasteiger partial charge in [0, 0.05) is 23.3 Å². The van der Waals surface area contributed by atoms with Crippen molar-refractivity contribution in [2.45, 2.75) is 0 Å². The summed E-state index contributed by atoms with van der Waals surface area (Å²) in [5.74, 6) is 0. The van der Waals surface area contributed by atoms with Crippen LogP contribution in [0.5, 0.6) is 0 Å². The second kappa shape index (κ2) is 6.08. The molecule has 0 bridgehead atoms. The zero-order valence-corrected chi connectivity index (χ0v) is 14.1. The van der Waals surface area contributed by atoms with Crippen LogP contribution < -0.4 is 0 Å². The Morgan fingerprint density at radius 3 is 2.23 bits per heavy atom. The van der Waals surface area contributed by atoms with Crippen molar-refractivity contribution in [3.8, 4) is 22.4 Å². The number of hydrogen-bond donors (Lipinski definition) is 0. The van der Waals surface area contributed by atoms with Gasteiger partial charge in [0.2, 0.25) is 0 Å². The number of nitrogens with zero attached hydrogens (tertiary/aromatic N) is 2. The van der Waals surface area contributed by atoms with Crippen molar-refractivity contribution in [3.05, 3.63) is 97.3 Å². The van der Waals surface area contributed by atoms with E-state index >= 15 is 0 Å². The smallest absolute Gasteiger partial charge is 0.0722 e. The van der Waals surface area contributed by atoms with Gasteiger partial charge < -0.3 is 0 Å². The normalized spacial score (nSPS) is 11.1. The Hall–Kier alpha value is -3.52. The third-order valence-electron chi connectivity index (χ3n) is 4.76. The number of fused-ring (bicyclic) bond motifs is 3. The van der Waals surface area contributed by atoms with Crippen molar-refractivity contribution < 1.29 is 0 Å². The topological polar surface area (TPSA) is 25.8 Å². The molecule has 0 N–H and O–H groups in total. The Bertz CT molecular complexity index is 1210. The summed E-state index contributed by atoms with van der Waals surface area (Å²) in [6, 6.07) is 29.4. The molecule has 0 aliphatic heterocycles. The summed E-state index contributed by atoms with van der Waals surface area (Å²) < 4.78 is 0.